The maximum Gasteiger partial charge on any atom is 0.187 e. The van der Waals surface area contributed by atoms with Gasteiger partial charge in [0.2, 0.25) is 0 Å². The van der Waals surface area contributed by atoms with Crippen molar-refractivity contribution >= 4 is 0 Å². The molecule has 14 N–H and O–H groups in total. The Hall–Kier alpha value is -0.840. The normalized spacial score (nSPS) is 52.9. The third-order valence-corrected chi connectivity index (χ3v) is 8.21. The number of ether oxygens (including phenoxy) is 7. The molecular formula is C24H42O21. The van der Waals surface area contributed by atoms with Crippen LogP contribution in [0.25, 0.3) is 0 Å². The Balaban J connectivity index is 1.57. The first-order valence-electron chi connectivity index (χ1n) is 14.1. The second kappa shape index (κ2) is 15.6. The van der Waals surface area contributed by atoms with Gasteiger partial charge in [-0.05, 0) is 0 Å². The van der Waals surface area contributed by atoms with Gasteiger partial charge in [0.1, 0.15) is 97.7 Å². The van der Waals surface area contributed by atoms with Crippen molar-refractivity contribution in [3.8, 4) is 0 Å². The summed E-state index contributed by atoms with van der Waals surface area (Å²) in [4.78, 5) is 0. The van der Waals surface area contributed by atoms with Crippen molar-refractivity contribution in [1.82, 2.24) is 0 Å². The van der Waals surface area contributed by atoms with Crippen LogP contribution in [0.5, 0.6) is 0 Å². The molecule has 0 aromatic heterocycles. The summed E-state index contributed by atoms with van der Waals surface area (Å²) in [5, 5.41) is 143. The molecular weight excluding hydrogens is 624 g/mol. The molecule has 0 unspecified atom stereocenters. The van der Waals surface area contributed by atoms with Crippen LogP contribution in [0.15, 0.2) is 0 Å². The van der Waals surface area contributed by atoms with Gasteiger partial charge < -0.3 is 105 Å². The summed E-state index contributed by atoms with van der Waals surface area (Å²) < 4.78 is 38.1. The van der Waals surface area contributed by atoms with Crippen molar-refractivity contribution in [1.29, 1.82) is 0 Å². The first-order valence-corrected chi connectivity index (χ1v) is 14.1. The molecule has 0 aromatic rings. The third kappa shape index (κ3) is 7.44. The SMILES string of the molecule is OC[C@H]1O[C@@H](O[C@@H]2[C@@H](O)[C@H](O[C@H]3[C@H](O[C@@H]4[C@H](O)[C@@H](O)[C@H](O)O[C@@H]4CO)O[C@H](CO)[C@@H](O)[C@@H]3O)O[C@H](CO)[C@H]2O)[C@H](O)[C@@H](O)[C@@H]1O. The Morgan fingerprint density at radius 3 is 1.31 bits per heavy atom. The second-order valence-corrected chi connectivity index (χ2v) is 11.1. The number of rotatable bonds is 10. The van der Waals surface area contributed by atoms with Crippen LogP contribution < -0.4 is 0 Å². The van der Waals surface area contributed by atoms with Crippen molar-refractivity contribution < 1.29 is 105 Å². The number of hydrogen-bond acceptors (Lipinski definition) is 21. The number of hydrogen-bond donors (Lipinski definition) is 14. The fourth-order valence-corrected chi connectivity index (χ4v) is 5.52. The molecule has 0 aliphatic carbocycles. The van der Waals surface area contributed by atoms with Crippen LogP contribution >= 0.6 is 0 Å². The van der Waals surface area contributed by atoms with E-state index in [-0.39, 0.29) is 0 Å². The Morgan fingerprint density at radius 2 is 0.756 bits per heavy atom. The maximum atomic E-state index is 11.1. The van der Waals surface area contributed by atoms with Crippen molar-refractivity contribution in [3.05, 3.63) is 0 Å². The quantitative estimate of drug-likeness (QED) is 0.103. The molecule has 21 heteroatoms. The van der Waals surface area contributed by atoms with Crippen LogP contribution in [-0.4, -0.2) is 221 Å². The lowest BCUT2D eigenvalue weighted by Gasteiger charge is -2.49. The van der Waals surface area contributed by atoms with Crippen molar-refractivity contribution in [2.75, 3.05) is 26.4 Å². The molecule has 0 saturated carbocycles. The van der Waals surface area contributed by atoms with Crippen LogP contribution in [0.4, 0.5) is 0 Å². The Labute approximate surface area is 254 Å². The number of aliphatic hydroxyl groups is 14. The highest BCUT2D eigenvalue weighted by molar-refractivity contribution is 4.97. The summed E-state index contributed by atoms with van der Waals surface area (Å²) in [6, 6.07) is 0. The van der Waals surface area contributed by atoms with Crippen molar-refractivity contribution in [2.24, 2.45) is 0 Å². The third-order valence-electron chi connectivity index (χ3n) is 8.21. The zero-order valence-electron chi connectivity index (χ0n) is 23.5. The van der Waals surface area contributed by atoms with E-state index in [1.165, 1.54) is 0 Å². The van der Waals surface area contributed by atoms with Gasteiger partial charge in [-0.3, -0.25) is 0 Å². The lowest BCUT2D eigenvalue weighted by Crippen LogP contribution is -2.68. The first-order chi connectivity index (χ1) is 21.3. The van der Waals surface area contributed by atoms with E-state index in [0.717, 1.165) is 0 Å². The Kier molecular flexibility index (Phi) is 12.8. The van der Waals surface area contributed by atoms with E-state index in [2.05, 4.69) is 0 Å². The zero-order valence-corrected chi connectivity index (χ0v) is 23.5. The maximum absolute atomic E-state index is 11.1. The van der Waals surface area contributed by atoms with Crippen LogP contribution in [0, 0.1) is 0 Å². The average Bonchev–Trinajstić information content (AvgIpc) is 3.03. The highest BCUT2D eigenvalue weighted by atomic mass is 16.8. The summed E-state index contributed by atoms with van der Waals surface area (Å²) in [5.41, 5.74) is 0. The fourth-order valence-electron chi connectivity index (χ4n) is 5.52. The Morgan fingerprint density at radius 1 is 0.333 bits per heavy atom. The molecule has 0 radical (unpaired) electrons. The second-order valence-electron chi connectivity index (χ2n) is 11.1. The molecule has 4 fully saturated rings. The van der Waals surface area contributed by atoms with E-state index in [1.807, 2.05) is 0 Å². The van der Waals surface area contributed by atoms with Gasteiger partial charge in [-0.2, -0.15) is 0 Å². The van der Waals surface area contributed by atoms with Gasteiger partial charge in [0.25, 0.3) is 0 Å². The van der Waals surface area contributed by atoms with Gasteiger partial charge in [0.05, 0.1) is 26.4 Å². The molecule has 20 atom stereocenters. The minimum absolute atomic E-state index is 0.819. The van der Waals surface area contributed by atoms with Gasteiger partial charge in [0, 0.05) is 0 Å². The summed E-state index contributed by atoms with van der Waals surface area (Å²) in [5.74, 6) is 0. The molecule has 4 aliphatic heterocycles. The van der Waals surface area contributed by atoms with Gasteiger partial charge in [0.15, 0.2) is 25.2 Å². The van der Waals surface area contributed by atoms with E-state index < -0.39 is 149 Å². The van der Waals surface area contributed by atoms with Crippen molar-refractivity contribution in [2.45, 2.75) is 123 Å². The Bertz CT molecular complexity index is 914. The standard InChI is InChI=1S/C24H42O21/c25-1-5-9(29)12(32)16(36)22(40-5)44-19-11(31)7(3-27)41-23(17(19)37)45-20-13(33)10(30)6(2-26)42-24(20)43-18-8(4-28)39-21(38)15(35)14(18)34/h5-38H,1-4H2/t5-,6-,7-,8-,9-,10-,11-,12+,13+,14-,15-,16-,17-,18+,19+,20-,21-,22+,23+,24+/m1/s1. The molecule has 0 spiro atoms. The van der Waals surface area contributed by atoms with Gasteiger partial charge >= 0.3 is 0 Å². The van der Waals surface area contributed by atoms with Gasteiger partial charge in [-0.15, -0.1) is 0 Å². The lowest BCUT2D eigenvalue weighted by molar-refractivity contribution is -0.396. The first kappa shape index (κ1) is 37.0. The van der Waals surface area contributed by atoms with Crippen molar-refractivity contribution in [3.63, 3.8) is 0 Å². The molecule has 0 aromatic carbocycles. The molecule has 45 heavy (non-hydrogen) atoms. The molecule has 0 amide bonds. The smallest absolute Gasteiger partial charge is 0.187 e. The molecule has 4 heterocycles. The molecule has 264 valence electrons. The average molecular weight is 667 g/mol. The van der Waals surface area contributed by atoms with E-state index in [4.69, 9.17) is 33.2 Å². The summed E-state index contributed by atoms with van der Waals surface area (Å²) in [6.45, 7) is -3.45. The summed E-state index contributed by atoms with van der Waals surface area (Å²) >= 11 is 0. The zero-order chi connectivity index (χ0) is 33.3. The van der Waals surface area contributed by atoms with E-state index in [9.17, 15) is 71.5 Å². The monoisotopic (exact) mass is 666 g/mol. The molecule has 4 saturated heterocycles. The molecule has 4 aliphatic rings. The van der Waals surface area contributed by atoms with Gasteiger partial charge in [-0.1, -0.05) is 0 Å². The predicted octanol–water partition coefficient (Wildman–Crippen LogP) is -9.75. The topological polar surface area (TPSA) is 348 Å². The van der Waals surface area contributed by atoms with E-state index in [0.29, 0.717) is 0 Å². The minimum atomic E-state index is -2.07. The summed E-state index contributed by atoms with van der Waals surface area (Å²) in [7, 11) is 0. The molecule has 0 bridgehead atoms. The van der Waals surface area contributed by atoms with E-state index >= 15 is 0 Å². The minimum Gasteiger partial charge on any atom is -0.394 e. The van der Waals surface area contributed by atoms with Gasteiger partial charge in [-0.25, -0.2) is 0 Å². The fraction of sp³-hybridized carbons (Fsp3) is 1.00. The molecule has 4 rings (SSSR count). The highest BCUT2D eigenvalue weighted by Crippen LogP contribution is 2.34. The predicted molar refractivity (Wildman–Crippen MR) is 134 cm³/mol. The lowest BCUT2D eigenvalue weighted by atomic mass is 9.95. The van der Waals surface area contributed by atoms with Crippen LogP contribution in [0.3, 0.4) is 0 Å². The largest absolute Gasteiger partial charge is 0.394 e. The number of aliphatic hydroxyl groups excluding tert-OH is 14. The van der Waals surface area contributed by atoms with Crippen LogP contribution in [-0.2, 0) is 33.2 Å². The van der Waals surface area contributed by atoms with E-state index in [1.54, 1.807) is 0 Å². The highest BCUT2D eigenvalue weighted by Gasteiger charge is 2.55. The molecule has 21 nitrogen and oxygen atoms in total. The summed E-state index contributed by atoms with van der Waals surface area (Å²) in [6.07, 6.45) is -36.2. The van der Waals surface area contributed by atoms with Crippen LogP contribution in [0.2, 0.25) is 0 Å². The van der Waals surface area contributed by atoms with Crippen LogP contribution in [0.1, 0.15) is 0 Å².